The van der Waals surface area contributed by atoms with Crippen LogP contribution in [0.25, 0.3) is 0 Å². The lowest BCUT2D eigenvalue weighted by Crippen LogP contribution is -2.31. The van der Waals surface area contributed by atoms with Gasteiger partial charge in [0.1, 0.15) is 0 Å². The van der Waals surface area contributed by atoms with Crippen molar-refractivity contribution in [3.8, 4) is 0 Å². The maximum Gasteiger partial charge on any atom is 0.324 e. The van der Waals surface area contributed by atoms with Crippen LogP contribution in [0, 0.1) is 21.8 Å². The van der Waals surface area contributed by atoms with Crippen LogP contribution in [0.4, 0.5) is 10.1 Å². The highest BCUT2D eigenvalue weighted by molar-refractivity contribution is 7.89. The van der Waals surface area contributed by atoms with E-state index in [2.05, 4.69) is 0 Å². The number of rotatable bonds is 4. The minimum Gasteiger partial charge on any atom is -0.393 e. The Morgan fingerprint density at radius 3 is 2.71 bits per heavy atom. The third-order valence-electron chi connectivity index (χ3n) is 3.62. The first kappa shape index (κ1) is 15.8. The molecule has 7 nitrogen and oxygen atoms in total. The molecule has 0 aliphatic carbocycles. The molecule has 0 spiro atoms. The minimum atomic E-state index is -4.16. The summed E-state index contributed by atoms with van der Waals surface area (Å²) in [6.07, 6.45) is -0.215. The standard InChI is InChI=1S/C12H15FN2O5S/c1-8(16)9-5-6-14(7-9)21(19,20)11-4-2-3-10(13)12(11)15(17)18/h2-4,8-9,16H,5-7H2,1H3. The summed E-state index contributed by atoms with van der Waals surface area (Å²) in [5.41, 5.74) is -1.04. The van der Waals surface area contributed by atoms with Gasteiger partial charge in [-0.25, -0.2) is 8.42 Å². The van der Waals surface area contributed by atoms with E-state index in [-0.39, 0.29) is 19.0 Å². The van der Waals surface area contributed by atoms with Crippen LogP contribution in [0.2, 0.25) is 0 Å². The Morgan fingerprint density at radius 1 is 1.52 bits per heavy atom. The van der Waals surface area contributed by atoms with E-state index < -0.39 is 37.5 Å². The second kappa shape index (κ2) is 5.66. The molecule has 0 aromatic heterocycles. The maximum atomic E-state index is 13.6. The van der Waals surface area contributed by atoms with Gasteiger partial charge in [-0.05, 0) is 31.4 Å². The third kappa shape index (κ3) is 2.89. The summed E-state index contributed by atoms with van der Waals surface area (Å²) in [5.74, 6) is -1.42. The molecule has 1 fully saturated rings. The predicted molar refractivity (Wildman–Crippen MR) is 71.6 cm³/mol. The first-order valence-electron chi connectivity index (χ1n) is 6.36. The monoisotopic (exact) mass is 318 g/mol. The van der Waals surface area contributed by atoms with Crippen molar-refractivity contribution in [1.29, 1.82) is 0 Å². The van der Waals surface area contributed by atoms with Crippen molar-refractivity contribution in [2.24, 2.45) is 5.92 Å². The second-order valence-corrected chi connectivity index (χ2v) is 6.90. The fourth-order valence-electron chi connectivity index (χ4n) is 2.39. The first-order valence-corrected chi connectivity index (χ1v) is 7.80. The molecule has 1 saturated heterocycles. The summed E-state index contributed by atoms with van der Waals surface area (Å²) in [4.78, 5) is 9.23. The highest BCUT2D eigenvalue weighted by Crippen LogP contribution is 2.32. The normalized spacial score (nSPS) is 21.4. The van der Waals surface area contributed by atoms with Crippen molar-refractivity contribution in [2.75, 3.05) is 13.1 Å². The summed E-state index contributed by atoms with van der Waals surface area (Å²) in [5, 5.41) is 20.4. The second-order valence-electron chi connectivity index (χ2n) is 5.00. The van der Waals surface area contributed by atoms with Gasteiger partial charge in [-0.1, -0.05) is 6.07 Å². The smallest absolute Gasteiger partial charge is 0.324 e. The molecule has 1 aromatic rings. The summed E-state index contributed by atoms with van der Waals surface area (Å²) in [7, 11) is -4.16. The number of para-hydroxylation sites is 1. The number of hydrogen-bond acceptors (Lipinski definition) is 5. The fraction of sp³-hybridized carbons (Fsp3) is 0.500. The van der Waals surface area contributed by atoms with Gasteiger partial charge in [0.15, 0.2) is 4.90 Å². The molecular weight excluding hydrogens is 303 g/mol. The Kier molecular flexibility index (Phi) is 4.26. The summed E-state index contributed by atoms with van der Waals surface area (Å²) >= 11 is 0. The quantitative estimate of drug-likeness (QED) is 0.662. The first-order chi connectivity index (χ1) is 9.75. The van der Waals surface area contributed by atoms with Crippen LogP contribution < -0.4 is 0 Å². The number of aliphatic hydroxyl groups excluding tert-OH is 1. The molecule has 0 amide bonds. The van der Waals surface area contributed by atoms with E-state index in [0.29, 0.717) is 6.42 Å². The molecule has 1 N–H and O–H groups in total. The number of nitro benzene ring substituents is 1. The number of aliphatic hydroxyl groups is 1. The Bertz CT molecular complexity index is 662. The van der Waals surface area contributed by atoms with Crippen molar-refractivity contribution < 1.29 is 22.8 Å². The van der Waals surface area contributed by atoms with Crippen LogP contribution in [0.1, 0.15) is 13.3 Å². The van der Waals surface area contributed by atoms with Gasteiger partial charge in [-0.3, -0.25) is 10.1 Å². The number of sulfonamides is 1. The number of halogens is 1. The lowest BCUT2D eigenvalue weighted by atomic mass is 10.0. The van der Waals surface area contributed by atoms with E-state index >= 15 is 0 Å². The molecular formula is C12H15FN2O5S. The zero-order valence-corrected chi connectivity index (χ0v) is 12.1. The summed E-state index contributed by atoms with van der Waals surface area (Å²) in [6, 6.07) is 2.99. The number of nitro groups is 1. The highest BCUT2D eigenvalue weighted by atomic mass is 32.2. The van der Waals surface area contributed by atoms with E-state index in [1.807, 2.05) is 0 Å². The van der Waals surface area contributed by atoms with Gasteiger partial charge in [-0.2, -0.15) is 8.70 Å². The van der Waals surface area contributed by atoms with Crippen LogP contribution in [0.5, 0.6) is 0 Å². The summed E-state index contributed by atoms with van der Waals surface area (Å²) < 4.78 is 39.5. The highest BCUT2D eigenvalue weighted by Gasteiger charge is 2.38. The molecule has 1 aliphatic heterocycles. The third-order valence-corrected chi connectivity index (χ3v) is 5.52. The van der Waals surface area contributed by atoms with Crippen molar-refractivity contribution in [3.63, 3.8) is 0 Å². The van der Waals surface area contributed by atoms with Crippen LogP contribution in [-0.4, -0.2) is 41.9 Å². The van der Waals surface area contributed by atoms with Crippen LogP contribution in [-0.2, 0) is 10.0 Å². The Morgan fingerprint density at radius 2 is 2.19 bits per heavy atom. The van der Waals surface area contributed by atoms with Gasteiger partial charge >= 0.3 is 5.69 Å². The molecule has 2 rings (SSSR count). The van der Waals surface area contributed by atoms with Crippen molar-refractivity contribution >= 4 is 15.7 Å². The zero-order valence-electron chi connectivity index (χ0n) is 11.3. The summed E-state index contributed by atoms with van der Waals surface area (Å²) in [6.45, 7) is 1.77. The molecule has 0 radical (unpaired) electrons. The molecule has 9 heteroatoms. The van der Waals surface area contributed by atoms with Gasteiger partial charge in [0.25, 0.3) is 0 Å². The Hall–Kier alpha value is -1.58. The van der Waals surface area contributed by atoms with E-state index in [4.69, 9.17) is 0 Å². The molecule has 1 heterocycles. The average Bonchev–Trinajstić information content (AvgIpc) is 2.88. The average molecular weight is 318 g/mol. The van der Waals surface area contributed by atoms with E-state index in [1.54, 1.807) is 6.92 Å². The molecule has 21 heavy (non-hydrogen) atoms. The maximum absolute atomic E-state index is 13.6. The molecule has 0 bridgehead atoms. The van der Waals surface area contributed by atoms with Crippen molar-refractivity contribution in [2.45, 2.75) is 24.3 Å². The Balaban J connectivity index is 2.42. The van der Waals surface area contributed by atoms with E-state index in [0.717, 1.165) is 22.5 Å². The van der Waals surface area contributed by atoms with Gasteiger partial charge in [-0.15, -0.1) is 0 Å². The number of hydrogen-bond donors (Lipinski definition) is 1. The molecule has 2 unspecified atom stereocenters. The van der Waals surface area contributed by atoms with Crippen LogP contribution in [0.3, 0.4) is 0 Å². The number of nitrogens with zero attached hydrogens (tertiary/aromatic N) is 2. The fourth-order valence-corrected chi connectivity index (χ4v) is 4.06. The van der Waals surface area contributed by atoms with Gasteiger partial charge < -0.3 is 5.11 Å². The lowest BCUT2D eigenvalue weighted by Gasteiger charge is -2.17. The van der Waals surface area contributed by atoms with Crippen LogP contribution in [0.15, 0.2) is 23.1 Å². The van der Waals surface area contributed by atoms with E-state index in [1.165, 1.54) is 0 Å². The van der Waals surface area contributed by atoms with Gasteiger partial charge in [0, 0.05) is 13.1 Å². The van der Waals surface area contributed by atoms with E-state index in [9.17, 15) is 28.0 Å². The lowest BCUT2D eigenvalue weighted by molar-refractivity contribution is -0.390. The number of benzene rings is 1. The SMILES string of the molecule is CC(O)C1CCN(S(=O)(=O)c2cccc(F)c2[N+](=O)[O-])C1. The largest absolute Gasteiger partial charge is 0.393 e. The van der Waals surface area contributed by atoms with Gasteiger partial charge in [0.05, 0.1) is 11.0 Å². The predicted octanol–water partition coefficient (Wildman–Crippen LogP) is 1.13. The molecule has 0 saturated carbocycles. The molecule has 1 aromatic carbocycles. The topological polar surface area (TPSA) is 101 Å². The molecule has 116 valence electrons. The molecule has 1 aliphatic rings. The van der Waals surface area contributed by atoms with Crippen LogP contribution >= 0.6 is 0 Å². The van der Waals surface area contributed by atoms with Crippen molar-refractivity contribution in [1.82, 2.24) is 4.31 Å². The van der Waals surface area contributed by atoms with Crippen molar-refractivity contribution in [3.05, 3.63) is 34.1 Å². The molecule has 2 atom stereocenters. The minimum absolute atomic E-state index is 0.0632. The van der Waals surface area contributed by atoms with Gasteiger partial charge in [0.2, 0.25) is 15.8 Å². The Labute approximate surface area is 121 Å². The zero-order chi connectivity index (χ0) is 15.8.